The first kappa shape index (κ1) is 21.1. The fourth-order valence-electron chi connectivity index (χ4n) is 3.85. The zero-order chi connectivity index (χ0) is 23.1. The lowest BCUT2D eigenvalue weighted by Gasteiger charge is -2.28. The molecule has 0 saturated heterocycles. The fraction of sp³-hybridized carbons (Fsp3) is 0.125. The maximum atomic E-state index is 12.7. The number of halogens is 3. The Hall–Kier alpha value is -3.78. The molecule has 0 unspecified atom stereocenters. The third-order valence-corrected chi connectivity index (χ3v) is 5.58. The van der Waals surface area contributed by atoms with Crippen LogP contribution in [-0.4, -0.2) is 32.7 Å². The summed E-state index contributed by atoms with van der Waals surface area (Å²) in [6.45, 7) is 3.81. The van der Waals surface area contributed by atoms with Crippen LogP contribution in [0.15, 0.2) is 67.1 Å². The van der Waals surface area contributed by atoms with E-state index in [0.717, 1.165) is 32.9 Å². The standard InChI is InChI=1S/C24H19ClF2N6/c1-14-22(15-3-5-18(25)6-4-15)23-17(10-28-24(30-23)29-11-21(26)27)13-33(14)19-7-8-20-16(9-19)12-32(2)31-20/h3-10,12-13,21H,1,11H2,2H3,(H,29,30). The quantitative estimate of drug-likeness (QED) is 0.488. The Morgan fingerprint density at radius 1 is 1.15 bits per heavy atom. The van der Waals surface area contributed by atoms with Gasteiger partial charge in [-0.15, -0.1) is 0 Å². The molecule has 2 aromatic carbocycles. The lowest BCUT2D eigenvalue weighted by Crippen LogP contribution is -2.41. The van der Waals surface area contributed by atoms with Crippen molar-refractivity contribution in [3.05, 3.63) is 88.3 Å². The van der Waals surface area contributed by atoms with E-state index in [0.29, 0.717) is 16.1 Å². The number of aromatic nitrogens is 4. The van der Waals surface area contributed by atoms with Crippen LogP contribution < -0.4 is 20.8 Å². The normalized spacial score (nSPS) is 13.4. The summed E-state index contributed by atoms with van der Waals surface area (Å²) in [5.74, 6) is 0.131. The van der Waals surface area contributed by atoms with Crippen molar-refractivity contribution < 1.29 is 8.78 Å². The van der Waals surface area contributed by atoms with Gasteiger partial charge in [0.25, 0.3) is 6.43 Å². The molecule has 9 heteroatoms. The summed E-state index contributed by atoms with van der Waals surface area (Å²) >= 11 is 6.10. The third kappa shape index (κ3) is 4.05. The Morgan fingerprint density at radius 2 is 1.94 bits per heavy atom. The minimum Gasteiger partial charge on any atom is -0.348 e. The van der Waals surface area contributed by atoms with Gasteiger partial charge < -0.3 is 10.2 Å². The number of aryl methyl sites for hydroxylation is 1. The maximum Gasteiger partial charge on any atom is 0.255 e. The van der Waals surface area contributed by atoms with Crippen molar-refractivity contribution in [3.63, 3.8) is 0 Å². The Kier molecular flexibility index (Phi) is 5.30. The van der Waals surface area contributed by atoms with Crippen LogP contribution >= 0.6 is 11.6 Å². The molecule has 1 N–H and O–H groups in total. The molecule has 0 amide bonds. The highest BCUT2D eigenvalue weighted by Gasteiger charge is 2.21. The van der Waals surface area contributed by atoms with Crippen LogP contribution in [0.3, 0.4) is 0 Å². The highest BCUT2D eigenvalue weighted by Crippen LogP contribution is 2.31. The number of benzene rings is 2. The van der Waals surface area contributed by atoms with Gasteiger partial charge in [-0.3, -0.25) is 4.68 Å². The van der Waals surface area contributed by atoms with Crippen molar-refractivity contribution in [3.8, 4) is 0 Å². The molecule has 3 heterocycles. The molecule has 0 bridgehead atoms. The van der Waals surface area contributed by atoms with Crippen molar-refractivity contribution >= 4 is 45.9 Å². The zero-order valence-corrected chi connectivity index (χ0v) is 18.4. The van der Waals surface area contributed by atoms with Gasteiger partial charge in [-0.25, -0.2) is 18.7 Å². The zero-order valence-electron chi connectivity index (χ0n) is 17.6. The number of nitrogens with zero attached hydrogens (tertiary/aromatic N) is 5. The van der Waals surface area contributed by atoms with Gasteiger partial charge in [0, 0.05) is 58.2 Å². The van der Waals surface area contributed by atoms with Crippen molar-refractivity contribution in [2.45, 2.75) is 6.43 Å². The van der Waals surface area contributed by atoms with Gasteiger partial charge in [-0.2, -0.15) is 5.10 Å². The van der Waals surface area contributed by atoms with Gasteiger partial charge >= 0.3 is 0 Å². The summed E-state index contributed by atoms with van der Waals surface area (Å²) in [7, 11) is 1.88. The molecule has 0 fully saturated rings. The molecule has 6 nitrogen and oxygen atoms in total. The number of anilines is 2. The Balaban J connectivity index is 1.68. The summed E-state index contributed by atoms with van der Waals surface area (Å²) in [6, 6.07) is 13.3. The highest BCUT2D eigenvalue weighted by atomic mass is 35.5. The van der Waals surface area contributed by atoms with Crippen molar-refractivity contribution in [1.29, 1.82) is 0 Å². The lowest BCUT2D eigenvalue weighted by atomic mass is 9.99. The van der Waals surface area contributed by atoms with Gasteiger partial charge in [0.15, 0.2) is 0 Å². The Bertz CT molecular complexity index is 1490. The number of allylic oxidation sites excluding steroid dienone is 1. The van der Waals surface area contributed by atoms with Crippen molar-refractivity contribution in [2.24, 2.45) is 7.05 Å². The van der Waals surface area contributed by atoms with E-state index < -0.39 is 13.0 Å². The average Bonchev–Trinajstić information content (AvgIpc) is 3.17. The summed E-state index contributed by atoms with van der Waals surface area (Å²) in [5.41, 5.74) is 4.09. The summed E-state index contributed by atoms with van der Waals surface area (Å²) in [6.07, 6.45) is 2.95. The molecule has 0 saturated carbocycles. The third-order valence-electron chi connectivity index (χ3n) is 5.33. The second-order valence-electron chi connectivity index (χ2n) is 7.64. The van der Waals surface area contributed by atoms with Gasteiger partial charge in [-0.1, -0.05) is 30.3 Å². The van der Waals surface area contributed by atoms with Gasteiger partial charge in [0.05, 0.1) is 17.4 Å². The van der Waals surface area contributed by atoms with E-state index in [2.05, 4.69) is 27.0 Å². The van der Waals surface area contributed by atoms with E-state index in [-0.39, 0.29) is 5.95 Å². The molecular formula is C24H19ClF2N6. The molecule has 1 aliphatic heterocycles. The maximum absolute atomic E-state index is 12.7. The highest BCUT2D eigenvalue weighted by molar-refractivity contribution is 6.30. The Morgan fingerprint density at radius 3 is 2.70 bits per heavy atom. The smallest absolute Gasteiger partial charge is 0.255 e. The molecule has 166 valence electrons. The topological polar surface area (TPSA) is 58.9 Å². The molecule has 0 radical (unpaired) electrons. The van der Waals surface area contributed by atoms with Crippen molar-refractivity contribution in [1.82, 2.24) is 19.7 Å². The molecule has 0 atom stereocenters. The minimum absolute atomic E-state index is 0.131. The molecule has 1 aliphatic rings. The first-order chi connectivity index (χ1) is 15.9. The van der Waals surface area contributed by atoms with Crippen LogP contribution in [0.25, 0.3) is 22.7 Å². The van der Waals surface area contributed by atoms with E-state index in [1.165, 1.54) is 0 Å². The van der Waals surface area contributed by atoms with Gasteiger partial charge in [0.2, 0.25) is 5.95 Å². The number of fused-ring (bicyclic) bond motifs is 2. The van der Waals surface area contributed by atoms with Crippen LogP contribution in [-0.2, 0) is 7.05 Å². The van der Waals surface area contributed by atoms with Crippen LogP contribution in [0.4, 0.5) is 20.4 Å². The largest absolute Gasteiger partial charge is 0.348 e. The number of hydrogen-bond acceptors (Lipinski definition) is 5. The molecule has 0 spiro atoms. The van der Waals surface area contributed by atoms with Crippen molar-refractivity contribution in [2.75, 3.05) is 16.8 Å². The second-order valence-corrected chi connectivity index (χ2v) is 8.08. The van der Waals surface area contributed by atoms with E-state index in [9.17, 15) is 8.78 Å². The summed E-state index contributed by atoms with van der Waals surface area (Å²) in [5, 5.41) is 9.96. The predicted octanol–water partition coefficient (Wildman–Crippen LogP) is 3.66. The van der Waals surface area contributed by atoms with Crippen LogP contribution in [0.1, 0.15) is 5.56 Å². The first-order valence-electron chi connectivity index (χ1n) is 10.2. The first-order valence-corrected chi connectivity index (χ1v) is 10.6. The second kappa shape index (κ2) is 8.29. The monoisotopic (exact) mass is 464 g/mol. The van der Waals surface area contributed by atoms with E-state index >= 15 is 0 Å². The molecule has 33 heavy (non-hydrogen) atoms. The number of alkyl halides is 2. The molecule has 5 rings (SSSR count). The van der Waals surface area contributed by atoms with E-state index in [4.69, 9.17) is 11.6 Å². The minimum atomic E-state index is -2.51. The lowest BCUT2D eigenvalue weighted by molar-refractivity contribution is 0.163. The number of rotatable bonds is 5. The summed E-state index contributed by atoms with van der Waals surface area (Å²) < 4.78 is 27.1. The molecule has 2 aromatic heterocycles. The predicted molar refractivity (Wildman–Crippen MR) is 127 cm³/mol. The van der Waals surface area contributed by atoms with Crippen LogP contribution in [0.5, 0.6) is 0 Å². The Labute approximate surface area is 193 Å². The molecular weight excluding hydrogens is 446 g/mol. The van der Waals surface area contributed by atoms with Crippen LogP contribution in [0, 0.1) is 0 Å². The fourth-order valence-corrected chi connectivity index (χ4v) is 3.98. The van der Waals surface area contributed by atoms with E-state index in [1.807, 2.05) is 54.7 Å². The molecule has 4 aromatic rings. The van der Waals surface area contributed by atoms with Gasteiger partial charge in [-0.05, 0) is 35.9 Å². The summed E-state index contributed by atoms with van der Waals surface area (Å²) in [4.78, 5) is 10.7. The van der Waals surface area contributed by atoms with E-state index in [1.54, 1.807) is 23.0 Å². The average molecular weight is 465 g/mol. The number of nitrogens with one attached hydrogen (secondary N) is 1. The molecule has 0 aliphatic carbocycles. The number of hydrogen-bond donors (Lipinski definition) is 1. The van der Waals surface area contributed by atoms with Crippen LogP contribution in [0.2, 0.25) is 5.02 Å². The van der Waals surface area contributed by atoms with Gasteiger partial charge in [0.1, 0.15) is 0 Å². The SMILES string of the molecule is C=C1C(c2ccc(Cl)cc2)=c2nc(NCC(F)F)ncc2=CN1c1ccc2nn(C)cc2c1.